The number of benzene rings is 3. The van der Waals surface area contributed by atoms with E-state index in [1.807, 2.05) is 0 Å². The summed E-state index contributed by atoms with van der Waals surface area (Å²) in [5.74, 6) is -1.14. The van der Waals surface area contributed by atoms with Crippen molar-refractivity contribution in [3.8, 4) is 22.6 Å². The summed E-state index contributed by atoms with van der Waals surface area (Å²) >= 11 is 0. The Labute approximate surface area is 185 Å². The van der Waals surface area contributed by atoms with Crippen LogP contribution in [0.3, 0.4) is 0 Å². The van der Waals surface area contributed by atoms with Gasteiger partial charge in [0.05, 0.1) is 11.8 Å². The monoisotopic (exact) mass is 441 g/mol. The lowest BCUT2D eigenvalue weighted by atomic mass is 10.0. The zero-order chi connectivity index (χ0) is 23.4. The number of hydrogen-bond donors (Lipinski definition) is 1. The fourth-order valence-electron chi connectivity index (χ4n) is 3.40. The molecule has 0 heterocycles. The maximum absolute atomic E-state index is 14.8. The molecule has 0 saturated carbocycles. The van der Waals surface area contributed by atoms with Gasteiger partial charge in [-0.2, -0.15) is 0 Å². The van der Waals surface area contributed by atoms with Crippen molar-refractivity contribution >= 4 is 17.3 Å². The Kier molecular flexibility index (Phi) is 6.98. The van der Waals surface area contributed by atoms with Crippen LogP contribution in [0.5, 0.6) is 11.5 Å². The maximum atomic E-state index is 14.8. The molecule has 0 unspecified atom stereocenters. The molecular formula is C25H25F2NO4. The third kappa shape index (κ3) is 5.35. The number of halogens is 2. The van der Waals surface area contributed by atoms with E-state index in [1.165, 1.54) is 36.4 Å². The van der Waals surface area contributed by atoms with E-state index in [-0.39, 0.29) is 24.1 Å². The summed E-state index contributed by atoms with van der Waals surface area (Å²) in [6.07, 6.45) is -0.264. The number of esters is 1. The van der Waals surface area contributed by atoms with Gasteiger partial charge in [-0.3, -0.25) is 0 Å². The highest BCUT2D eigenvalue weighted by molar-refractivity contribution is 5.76. The molecule has 0 bridgehead atoms. The van der Waals surface area contributed by atoms with Crippen LogP contribution in [0, 0.1) is 18.6 Å². The van der Waals surface area contributed by atoms with Gasteiger partial charge in [-0.15, -0.1) is 0 Å². The molecule has 0 aliphatic rings. The molecule has 0 fully saturated rings. The van der Waals surface area contributed by atoms with Crippen LogP contribution in [-0.4, -0.2) is 30.8 Å². The van der Waals surface area contributed by atoms with Gasteiger partial charge in [0.1, 0.15) is 23.1 Å². The van der Waals surface area contributed by atoms with Crippen LogP contribution in [0.4, 0.5) is 20.2 Å². The molecule has 168 valence electrons. The van der Waals surface area contributed by atoms with Crippen LogP contribution in [0.25, 0.3) is 11.1 Å². The van der Waals surface area contributed by atoms with Gasteiger partial charge in [0.15, 0.2) is 6.61 Å². The van der Waals surface area contributed by atoms with Gasteiger partial charge >= 0.3 is 5.97 Å². The Morgan fingerprint density at radius 3 is 2.50 bits per heavy atom. The average molecular weight is 441 g/mol. The lowest BCUT2D eigenvalue weighted by Crippen LogP contribution is -2.19. The van der Waals surface area contributed by atoms with E-state index < -0.39 is 17.6 Å². The SMILES string of the molecule is Cc1c(OCC(=O)OC(C)C)ccc(F)c1N(C)c1cc(O)cc(-c2cccc(F)c2)c1. The van der Waals surface area contributed by atoms with E-state index in [2.05, 4.69) is 0 Å². The van der Waals surface area contributed by atoms with Gasteiger partial charge < -0.3 is 19.5 Å². The third-order valence-corrected chi connectivity index (χ3v) is 4.83. The summed E-state index contributed by atoms with van der Waals surface area (Å²) in [5.41, 5.74) is 2.33. The molecule has 0 radical (unpaired) electrons. The van der Waals surface area contributed by atoms with Gasteiger partial charge in [0.2, 0.25) is 0 Å². The van der Waals surface area contributed by atoms with Crippen LogP contribution in [0.2, 0.25) is 0 Å². The van der Waals surface area contributed by atoms with E-state index in [0.717, 1.165) is 0 Å². The number of phenols is 1. The minimum atomic E-state index is -0.522. The Bertz CT molecular complexity index is 1130. The molecule has 3 aromatic rings. The zero-order valence-electron chi connectivity index (χ0n) is 18.4. The normalized spacial score (nSPS) is 10.8. The van der Waals surface area contributed by atoms with E-state index in [1.54, 1.807) is 50.9 Å². The second-order valence-corrected chi connectivity index (χ2v) is 7.65. The van der Waals surface area contributed by atoms with Crippen molar-refractivity contribution in [2.45, 2.75) is 26.9 Å². The highest BCUT2D eigenvalue weighted by atomic mass is 19.1. The average Bonchev–Trinajstić information content (AvgIpc) is 2.72. The Morgan fingerprint density at radius 2 is 1.81 bits per heavy atom. The highest BCUT2D eigenvalue weighted by Gasteiger charge is 2.19. The van der Waals surface area contributed by atoms with E-state index in [0.29, 0.717) is 28.1 Å². The molecule has 0 saturated heterocycles. The minimum absolute atomic E-state index is 0.0458. The molecule has 0 spiro atoms. The van der Waals surface area contributed by atoms with E-state index >= 15 is 0 Å². The molecular weight excluding hydrogens is 416 g/mol. The maximum Gasteiger partial charge on any atom is 0.344 e. The summed E-state index contributed by atoms with van der Waals surface area (Å²) in [7, 11) is 1.65. The molecule has 3 rings (SSSR count). The first-order valence-electron chi connectivity index (χ1n) is 10.1. The predicted molar refractivity (Wildman–Crippen MR) is 119 cm³/mol. The van der Waals surface area contributed by atoms with Crippen LogP contribution in [0.1, 0.15) is 19.4 Å². The van der Waals surface area contributed by atoms with Gasteiger partial charge in [-0.1, -0.05) is 12.1 Å². The van der Waals surface area contributed by atoms with Crippen LogP contribution in [-0.2, 0) is 9.53 Å². The second kappa shape index (κ2) is 9.68. The number of hydrogen-bond acceptors (Lipinski definition) is 5. The van der Waals surface area contributed by atoms with Crippen molar-refractivity contribution in [3.05, 3.63) is 71.8 Å². The first-order valence-corrected chi connectivity index (χ1v) is 10.1. The van der Waals surface area contributed by atoms with Crippen molar-refractivity contribution in [3.63, 3.8) is 0 Å². The van der Waals surface area contributed by atoms with Gasteiger partial charge in [0, 0.05) is 24.4 Å². The van der Waals surface area contributed by atoms with Crippen LogP contribution < -0.4 is 9.64 Å². The molecule has 1 N–H and O–H groups in total. The van der Waals surface area contributed by atoms with Crippen LogP contribution >= 0.6 is 0 Å². The lowest BCUT2D eigenvalue weighted by molar-refractivity contribution is -0.149. The predicted octanol–water partition coefficient (Wildman–Crippen LogP) is 5.74. The molecule has 5 nitrogen and oxygen atoms in total. The smallest absolute Gasteiger partial charge is 0.344 e. The largest absolute Gasteiger partial charge is 0.508 e. The molecule has 0 amide bonds. The number of carbonyl (C=O) groups is 1. The standard InChI is InChI=1S/C25H25F2NO4/c1-15(2)32-24(30)14-31-23-9-8-22(27)25(16(23)3)28(4)20-11-18(12-21(29)13-20)17-6-5-7-19(26)10-17/h5-13,15,29H,14H2,1-4H3. The lowest BCUT2D eigenvalue weighted by Gasteiger charge is -2.24. The van der Waals surface area contributed by atoms with E-state index in [9.17, 15) is 18.7 Å². The molecule has 3 aromatic carbocycles. The van der Waals surface area contributed by atoms with E-state index in [4.69, 9.17) is 9.47 Å². The van der Waals surface area contributed by atoms with Crippen molar-refractivity contribution in [1.82, 2.24) is 0 Å². The Morgan fingerprint density at radius 1 is 1.06 bits per heavy atom. The molecule has 0 aliphatic carbocycles. The van der Waals surface area contributed by atoms with Crippen molar-refractivity contribution in [2.75, 3.05) is 18.6 Å². The molecule has 7 heteroatoms. The molecule has 0 aliphatic heterocycles. The van der Waals surface area contributed by atoms with Crippen molar-refractivity contribution < 1.29 is 28.2 Å². The van der Waals surface area contributed by atoms with Crippen molar-refractivity contribution in [1.29, 1.82) is 0 Å². The number of rotatable bonds is 7. The summed E-state index contributed by atoms with van der Waals surface area (Å²) in [4.78, 5) is 13.4. The number of nitrogens with zero attached hydrogens (tertiary/aromatic N) is 1. The fraction of sp³-hybridized carbons (Fsp3) is 0.240. The molecule has 0 aromatic heterocycles. The summed E-state index contributed by atoms with van der Waals surface area (Å²) < 4.78 is 39.1. The first-order chi connectivity index (χ1) is 15.2. The molecule has 0 atom stereocenters. The number of aromatic hydroxyl groups is 1. The first kappa shape index (κ1) is 23.1. The Balaban J connectivity index is 1.93. The number of ether oxygens (including phenoxy) is 2. The van der Waals surface area contributed by atoms with Crippen LogP contribution in [0.15, 0.2) is 54.6 Å². The van der Waals surface area contributed by atoms with Gasteiger partial charge in [0.25, 0.3) is 0 Å². The molecule has 32 heavy (non-hydrogen) atoms. The van der Waals surface area contributed by atoms with Gasteiger partial charge in [-0.05, 0) is 68.3 Å². The zero-order valence-corrected chi connectivity index (χ0v) is 18.4. The topological polar surface area (TPSA) is 59.0 Å². The summed E-state index contributed by atoms with van der Waals surface area (Å²) in [6, 6.07) is 13.4. The number of phenolic OH excluding ortho intramolecular Hbond substituents is 1. The highest BCUT2D eigenvalue weighted by Crippen LogP contribution is 2.38. The van der Waals surface area contributed by atoms with Gasteiger partial charge in [-0.25, -0.2) is 13.6 Å². The Hall–Kier alpha value is -3.61. The number of anilines is 2. The van der Waals surface area contributed by atoms with Crippen molar-refractivity contribution in [2.24, 2.45) is 0 Å². The fourth-order valence-corrected chi connectivity index (χ4v) is 3.40. The quantitative estimate of drug-likeness (QED) is 0.474. The number of carbonyl (C=O) groups excluding carboxylic acids is 1. The summed E-state index contributed by atoms with van der Waals surface area (Å²) in [6.45, 7) is 4.85. The minimum Gasteiger partial charge on any atom is -0.508 e. The summed E-state index contributed by atoms with van der Waals surface area (Å²) in [5, 5.41) is 10.2. The third-order valence-electron chi connectivity index (χ3n) is 4.83. The second-order valence-electron chi connectivity index (χ2n) is 7.65.